The Morgan fingerprint density at radius 1 is 1.33 bits per heavy atom. The van der Waals surface area contributed by atoms with Gasteiger partial charge in [0.15, 0.2) is 5.82 Å². The molecular weight excluding hydrogens is 339 g/mol. The predicted octanol–water partition coefficient (Wildman–Crippen LogP) is 4.16. The maximum atomic E-state index is 9.01. The molecule has 1 heterocycles. The van der Waals surface area contributed by atoms with E-state index in [1.54, 1.807) is 18.2 Å². The highest BCUT2D eigenvalue weighted by Crippen LogP contribution is 2.27. The fourth-order valence-electron chi connectivity index (χ4n) is 1.28. The molecule has 0 spiro atoms. The average Bonchev–Trinajstić information content (AvgIpc) is 2.34. The first-order valence-corrected chi connectivity index (χ1v) is 6.30. The number of halogens is 3. The Morgan fingerprint density at radius 3 is 2.83 bits per heavy atom. The molecule has 18 heavy (non-hydrogen) atoms. The summed E-state index contributed by atoms with van der Waals surface area (Å²) in [6, 6.07) is 7.29. The normalized spacial score (nSPS) is 9.89. The fraction of sp³-hybridized carbons (Fsp3) is 0. The van der Waals surface area contributed by atoms with Crippen LogP contribution in [0.15, 0.2) is 28.9 Å². The van der Waals surface area contributed by atoms with Gasteiger partial charge in [-0.1, -0.05) is 27.5 Å². The van der Waals surface area contributed by atoms with Crippen LogP contribution in [-0.2, 0) is 0 Å². The molecule has 0 fully saturated rings. The van der Waals surface area contributed by atoms with Gasteiger partial charge >= 0.3 is 0 Å². The highest BCUT2D eigenvalue weighted by molar-refractivity contribution is 9.10. The molecule has 0 aliphatic heterocycles. The second-order valence-electron chi connectivity index (χ2n) is 3.26. The van der Waals surface area contributed by atoms with Crippen LogP contribution in [0.25, 0.3) is 0 Å². The van der Waals surface area contributed by atoms with Gasteiger partial charge in [-0.05, 0) is 29.8 Å². The van der Waals surface area contributed by atoms with Crippen LogP contribution in [-0.4, -0.2) is 9.97 Å². The zero-order valence-corrected chi connectivity index (χ0v) is 11.9. The lowest BCUT2D eigenvalue weighted by Gasteiger charge is -2.09. The zero-order chi connectivity index (χ0) is 13.1. The van der Waals surface area contributed by atoms with Gasteiger partial charge in [0.25, 0.3) is 0 Å². The van der Waals surface area contributed by atoms with Crippen molar-refractivity contribution < 1.29 is 0 Å². The summed E-state index contributed by atoms with van der Waals surface area (Å²) in [7, 11) is 0. The van der Waals surface area contributed by atoms with Crippen molar-refractivity contribution in [1.29, 1.82) is 5.26 Å². The molecule has 0 atom stereocenters. The number of anilines is 2. The lowest BCUT2D eigenvalue weighted by molar-refractivity contribution is 1.17. The number of hydrogen-bond acceptors (Lipinski definition) is 4. The number of hydrogen-bond donors (Lipinski definition) is 1. The van der Waals surface area contributed by atoms with E-state index < -0.39 is 0 Å². The molecule has 7 heteroatoms. The highest BCUT2D eigenvalue weighted by Gasteiger charge is 2.08. The van der Waals surface area contributed by atoms with Crippen molar-refractivity contribution in [2.45, 2.75) is 0 Å². The average molecular weight is 344 g/mol. The van der Waals surface area contributed by atoms with Crippen molar-refractivity contribution >= 4 is 50.6 Å². The molecule has 4 nitrogen and oxygen atoms in total. The van der Waals surface area contributed by atoms with Gasteiger partial charge in [-0.15, -0.1) is 0 Å². The van der Waals surface area contributed by atoms with E-state index in [0.717, 1.165) is 4.47 Å². The Bertz CT molecular complexity index is 639. The molecule has 0 aliphatic rings. The highest BCUT2D eigenvalue weighted by atomic mass is 79.9. The van der Waals surface area contributed by atoms with Gasteiger partial charge in [0.1, 0.15) is 11.1 Å². The molecule has 0 saturated heterocycles. The molecule has 0 saturated carbocycles. The maximum Gasteiger partial charge on any atom is 0.224 e. The Labute approximate surface area is 122 Å². The number of rotatable bonds is 2. The minimum absolute atomic E-state index is 0.0791. The summed E-state index contributed by atoms with van der Waals surface area (Å²) in [4.78, 5) is 7.71. The third kappa shape index (κ3) is 2.91. The summed E-state index contributed by atoms with van der Waals surface area (Å²) in [5, 5.41) is 12.4. The van der Waals surface area contributed by atoms with Gasteiger partial charge in [0, 0.05) is 4.47 Å². The van der Waals surface area contributed by atoms with E-state index in [1.165, 1.54) is 6.20 Å². The molecule has 0 amide bonds. The summed E-state index contributed by atoms with van der Waals surface area (Å²) in [5.41, 5.74) is 1.06. The fourth-order valence-corrected chi connectivity index (χ4v) is 1.91. The first kappa shape index (κ1) is 13.1. The molecule has 0 aliphatic carbocycles. The number of aromatic nitrogens is 2. The topological polar surface area (TPSA) is 61.6 Å². The van der Waals surface area contributed by atoms with Gasteiger partial charge in [0.2, 0.25) is 5.28 Å². The molecule has 0 bridgehead atoms. The maximum absolute atomic E-state index is 9.01. The standard InChI is InChI=1S/C11H5BrCl2N4/c12-7-2-1-6(4-15)9(3-7)17-10-8(13)5-16-11(14)18-10/h1-3,5H,(H,16,17,18). The molecule has 0 radical (unpaired) electrons. The first-order valence-electron chi connectivity index (χ1n) is 4.75. The summed E-state index contributed by atoms with van der Waals surface area (Å²) in [6.07, 6.45) is 1.39. The molecule has 1 N–H and O–H groups in total. The van der Waals surface area contributed by atoms with E-state index in [2.05, 4.69) is 37.3 Å². The van der Waals surface area contributed by atoms with Crippen LogP contribution in [0.5, 0.6) is 0 Å². The van der Waals surface area contributed by atoms with Gasteiger partial charge in [-0.25, -0.2) is 4.98 Å². The first-order chi connectivity index (χ1) is 8.60. The van der Waals surface area contributed by atoms with Crippen molar-refractivity contribution in [3.8, 4) is 6.07 Å². The van der Waals surface area contributed by atoms with E-state index in [1.807, 2.05) is 0 Å². The summed E-state index contributed by atoms with van der Waals surface area (Å²) < 4.78 is 0.834. The van der Waals surface area contributed by atoms with Gasteiger partial charge < -0.3 is 5.32 Å². The minimum Gasteiger partial charge on any atom is -0.338 e. The molecular formula is C11H5BrCl2N4. The van der Waals surface area contributed by atoms with Crippen molar-refractivity contribution in [1.82, 2.24) is 9.97 Å². The van der Waals surface area contributed by atoms with Crippen molar-refractivity contribution in [2.75, 3.05) is 5.32 Å². The smallest absolute Gasteiger partial charge is 0.224 e. The van der Waals surface area contributed by atoms with E-state index in [9.17, 15) is 0 Å². The third-order valence-electron chi connectivity index (χ3n) is 2.07. The number of benzene rings is 1. The Hall–Kier alpha value is -1.35. The Balaban J connectivity index is 2.43. The number of nitriles is 1. The molecule has 1 aromatic carbocycles. The van der Waals surface area contributed by atoms with Crippen LogP contribution in [0.4, 0.5) is 11.5 Å². The van der Waals surface area contributed by atoms with Crippen LogP contribution in [0.3, 0.4) is 0 Å². The van der Waals surface area contributed by atoms with Crippen LogP contribution in [0.1, 0.15) is 5.56 Å². The van der Waals surface area contributed by atoms with E-state index in [4.69, 9.17) is 28.5 Å². The van der Waals surface area contributed by atoms with Gasteiger partial charge in [-0.2, -0.15) is 10.2 Å². The molecule has 2 aromatic rings. The summed E-state index contributed by atoms with van der Waals surface area (Å²) in [5.74, 6) is 0.353. The second kappa shape index (κ2) is 5.53. The number of nitrogens with one attached hydrogen (secondary N) is 1. The molecule has 2 rings (SSSR count). The lowest BCUT2D eigenvalue weighted by atomic mass is 10.2. The third-order valence-corrected chi connectivity index (χ3v) is 3.02. The predicted molar refractivity (Wildman–Crippen MR) is 74.2 cm³/mol. The minimum atomic E-state index is 0.0791. The molecule has 90 valence electrons. The largest absolute Gasteiger partial charge is 0.338 e. The van der Waals surface area contributed by atoms with Crippen molar-refractivity contribution in [2.24, 2.45) is 0 Å². The van der Waals surface area contributed by atoms with Crippen LogP contribution in [0.2, 0.25) is 10.3 Å². The van der Waals surface area contributed by atoms with Crippen LogP contribution >= 0.6 is 39.1 Å². The van der Waals surface area contributed by atoms with Crippen LogP contribution < -0.4 is 5.32 Å². The monoisotopic (exact) mass is 342 g/mol. The molecule has 1 aromatic heterocycles. The summed E-state index contributed by atoms with van der Waals surface area (Å²) >= 11 is 15.0. The van der Waals surface area contributed by atoms with Crippen molar-refractivity contribution in [3.63, 3.8) is 0 Å². The lowest BCUT2D eigenvalue weighted by Crippen LogP contribution is -1.98. The van der Waals surface area contributed by atoms with Gasteiger partial charge in [0.05, 0.1) is 17.4 Å². The molecule has 0 unspecified atom stereocenters. The van der Waals surface area contributed by atoms with E-state index in [0.29, 0.717) is 22.1 Å². The Kier molecular flexibility index (Phi) is 4.02. The van der Waals surface area contributed by atoms with Gasteiger partial charge in [-0.3, -0.25) is 0 Å². The second-order valence-corrected chi connectivity index (χ2v) is 4.92. The SMILES string of the molecule is N#Cc1ccc(Br)cc1Nc1nc(Cl)ncc1Cl. The van der Waals surface area contributed by atoms with E-state index in [-0.39, 0.29) is 5.28 Å². The number of nitrogens with zero attached hydrogens (tertiary/aromatic N) is 3. The van der Waals surface area contributed by atoms with E-state index >= 15 is 0 Å². The van der Waals surface area contributed by atoms with Crippen LogP contribution in [0, 0.1) is 11.3 Å². The zero-order valence-electron chi connectivity index (χ0n) is 8.78. The quantitative estimate of drug-likeness (QED) is 0.831. The Morgan fingerprint density at radius 2 is 2.11 bits per heavy atom. The van der Waals surface area contributed by atoms with Crippen molar-refractivity contribution in [3.05, 3.63) is 44.7 Å². The summed E-state index contributed by atoms with van der Waals surface area (Å²) in [6.45, 7) is 0.